The number of carbonyl (C=O) groups is 2. The predicted octanol–water partition coefficient (Wildman–Crippen LogP) is 5.33. The van der Waals surface area contributed by atoms with Crippen LogP contribution in [-0.2, 0) is 11.2 Å². The highest BCUT2D eigenvalue weighted by Crippen LogP contribution is 2.36. The fraction of sp³-hybridized carbons (Fsp3) is 0.385. The molecule has 1 N–H and O–H groups in total. The molecule has 0 bridgehead atoms. The number of carboxylic acids is 1. The molecule has 0 atom stereocenters. The van der Waals surface area contributed by atoms with Crippen LogP contribution in [0.25, 0.3) is 6.08 Å². The van der Waals surface area contributed by atoms with E-state index in [0.717, 1.165) is 55.1 Å². The number of carbonyl (C=O) groups excluding carboxylic acids is 1. The molecule has 0 fully saturated rings. The summed E-state index contributed by atoms with van der Waals surface area (Å²) in [5.41, 5.74) is 2.41. The molecule has 3 rings (SSSR count). The van der Waals surface area contributed by atoms with Crippen LogP contribution in [-0.4, -0.2) is 36.7 Å². The topological polar surface area (TPSA) is 82.1 Å². The third-order valence-corrected chi connectivity index (χ3v) is 5.22. The molecule has 0 aliphatic carbocycles. The van der Waals surface area contributed by atoms with Gasteiger partial charge in [0.25, 0.3) is 0 Å². The normalized spacial score (nSPS) is 13.0. The van der Waals surface area contributed by atoms with E-state index in [1.807, 2.05) is 36.4 Å². The molecule has 0 saturated carbocycles. The van der Waals surface area contributed by atoms with Crippen LogP contribution < -0.4 is 14.2 Å². The molecule has 1 heterocycles. The summed E-state index contributed by atoms with van der Waals surface area (Å²) in [4.78, 5) is 22.9. The van der Waals surface area contributed by atoms with Crippen molar-refractivity contribution in [1.29, 1.82) is 0 Å². The Labute approximate surface area is 188 Å². The molecule has 0 aromatic heterocycles. The number of rotatable bonds is 12. The van der Waals surface area contributed by atoms with Crippen LogP contribution in [0.1, 0.15) is 60.5 Å². The molecule has 0 spiro atoms. The number of benzene rings is 2. The molecule has 170 valence electrons. The van der Waals surface area contributed by atoms with Crippen molar-refractivity contribution in [3.63, 3.8) is 0 Å². The van der Waals surface area contributed by atoms with E-state index < -0.39 is 5.97 Å². The molecule has 1 aliphatic heterocycles. The van der Waals surface area contributed by atoms with Gasteiger partial charge in [0.2, 0.25) is 0 Å². The van der Waals surface area contributed by atoms with Crippen LogP contribution in [0.5, 0.6) is 17.2 Å². The van der Waals surface area contributed by atoms with Crippen LogP contribution in [0.3, 0.4) is 0 Å². The Kier molecular flexibility index (Phi) is 8.72. The van der Waals surface area contributed by atoms with Gasteiger partial charge in [-0.15, -0.1) is 0 Å². The molecule has 2 aromatic rings. The van der Waals surface area contributed by atoms with Gasteiger partial charge in [-0.05, 0) is 50.0 Å². The van der Waals surface area contributed by atoms with Crippen LogP contribution in [0.2, 0.25) is 0 Å². The minimum absolute atomic E-state index is 0.134. The number of aliphatic carboxylic acids is 1. The molecule has 32 heavy (non-hydrogen) atoms. The van der Waals surface area contributed by atoms with Crippen molar-refractivity contribution >= 4 is 17.8 Å². The van der Waals surface area contributed by atoms with Crippen molar-refractivity contribution in [2.24, 2.45) is 0 Å². The highest BCUT2D eigenvalue weighted by atomic mass is 16.5. The van der Waals surface area contributed by atoms with Gasteiger partial charge >= 0.3 is 5.97 Å². The van der Waals surface area contributed by atoms with Gasteiger partial charge in [-0.3, -0.25) is 4.79 Å². The van der Waals surface area contributed by atoms with Crippen LogP contribution in [0, 0.1) is 0 Å². The maximum Gasteiger partial charge on any atom is 0.328 e. The number of Topliss-reactive ketones (excluding diaryl/α,β-unsaturated/α-hetero) is 1. The second-order valence-corrected chi connectivity index (χ2v) is 7.66. The third-order valence-electron chi connectivity index (χ3n) is 5.22. The number of hydrogen-bond donors (Lipinski definition) is 1. The summed E-state index contributed by atoms with van der Waals surface area (Å²) in [7, 11) is 0. The van der Waals surface area contributed by atoms with E-state index in [9.17, 15) is 9.59 Å². The van der Waals surface area contributed by atoms with Crippen molar-refractivity contribution in [3.05, 3.63) is 59.2 Å². The predicted molar refractivity (Wildman–Crippen MR) is 123 cm³/mol. The van der Waals surface area contributed by atoms with Gasteiger partial charge in [0.1, 0.15) is 17.2 Å². The van der Waals surface area contributed by atoms with Crippen molar-refractivity contribution < 1.29 is 28.9 Å². The Morgan fingerprint density at radius 2 is 1.81 bits per heavy atom. The van der Waals surface area contributed by atoms with Gasteiger partial charge in [-0.2, -0.15) is 0 Å². The number of carboxylic acid groups (broad SMARTS) is 1. The Hall–Kier alpha value is -3.28. The third kappa shape index (κ3) is 6.36. The van der Waals surface area contributed by atoms with Crippen molar-refractivity contribution in [2.45, 2.75) is 45.4 Å². The minimum Gasteiger partial charge on any atom is -0.493 e. The van der Waals surface area contributed by atoms with Gasteiger partial charge in [0.05, 0.1) is 25.4 Å². The second-order valence-electron chi connectivity index (χ2n) is 7.66. The van der Waals surface area contributed by atoms with Gasteiger partial charge < -0.3 is 19.3 Å². The number of fused-ring (bicyclic) bond motifs is 1. The molecular formula is C26H30O6. The molecular weight excluding hydrogens is 408 g/mol. The smallest absolute Gasteiger partial charge is 0.328 e. The van der Waals surface area contributed by atoms with Gasteiger partial charge in [0.15, 0.2) is 5.78 Å². The molecule has 1 aliphatic rings. The van der Waals surface area contributed by atoms with Crippen molar-refractivity contribution in [2.75, 3.05) is 19.8 Å². The maximum absolute atomic E-state index is 12.1. The lowest BCUT2D eigenvalue weighted by Gasteiger charge is -2.22. The van der Waals surface area contributed by atoms with E-state index in [-0.39, 0.29) is 5.78 Å². The van der Waals surface area contributed by atoms with E-state index in [1.54, 1.807) is 0 Å². The summed E-state index contributed by atoms with van der Waals surface area (Å²) in [6, 6.07) is 11.1. The Morgan fingerprint density at radius 1 is 1.06 bits per heavy atom. The van der Waals surface area contributed by atoms with Crippen LogP contribution >= 0.6 is 0 Å². The number of para-hydroxylation sites is 1. The summed E-state index contributed by atoms with van der Waals surface area (Å²) in [5, 5.41) is 8.80. The van der Waals surface area contributed by atoms with E-state index in [4.69, 9.17) is 19.3 Å². The maximum atomic E-state index is 12.1. The minimum atomic E-state index is -0.987. The molecule has 6 heteroatoms. The number of hydrogen-bond acceptors (Lipinski definition) is 5. The molecule has 0 amide bonds. The number of ketones is 1. The number of ether oxygens (including phenoxy) is 3. The lowest BCUT2D eigenvalue weighted by molar-refractivity contribution is -0.131. The molecule has 6 nitrogen and oxygen atoms in total. The Morgan fingerprint density at radius 3 is 2.56 bits per heavy atom. The van der Waals surface area contributed by atoms with Crippen molar-refractivity contribution in [3.8, 4) is 17.2 Å². The Balaban J connectivity index is 1.45. The van der Waals surface area contributed by atoms with E-state index >= 15 is 0 Å². The summed E-state index contributed by atoms with van der Waals surface area (Å²) in [6.07, 6.45) is 7.52. The molecule has 0 radical (unpaired) electrons. The fourth-order valence-corrected chi connectivity index (χ4v) is 3.65. The van der Waals surface area contributed by atoms with E-state index in [0.29, 0.717) is 43.3 Å². The first-order valence-electron chi connectivity index (χ1n) is 11.2. The average molecular weight is 439 g/mol. The molecule has 0 unspecified atom stereocenters. The lowest BCUT2D eigenvalue weighted by atomic mass is 9.98. The average Bonchev–Trinajstić information content (AvgIpc) is 2.79. The standard InChI is InChI=1S/C26H30O6/c1-2-8-21-24(13-12-20-22(27)15-18-32-26(20)21)31-17-7-3-6-16-30-23-10-5-4-9-19(23)11-14-25(28)29/h4-5,9-14H,2-3,6-8,15-18H2,1H3,(H,28,29)/b14-11+. The first kappa shape index (κ1) is 23.4. The Bertz CT molecular complexity index is 963. The zero-order valence-corrected chi connectivity index (χ0v) is 18.5. The second kappa shape index (κ2) is 11.9. The van der Waals surface area contributed by atoms with Gasteiger partial charge in [-0.1, -0.05) is 31.5 Å². The lowest BCUT2D eigenvalue weighted by Crippen LogP contribution is -2.17. The summed E-state index contributed by atoms with van der Waals surface area (Å²) in [5.74, 6) is 1.32. The van der Waals surface area contributed by atoms with Gasteiger partial charge in [-0.25, -0.2) is 4.79 Å². The number of unbranched alkanes of at least 4 members (excludes halogenated alkanes) is 2. The molecule has 0 saturated heterocycles. The van der Waals surface area contributed by atoms with E-state index in [2.05, 4.69) is 6.92 Å². The molecule has 2 aromatic carbocycles. The quantitative estimate of drug-likeness (QED) is 0.356. The van der Waals surface area contributed by atoms with Gasteiger partial charge in [0, 0.05) is 23.6 Å². The van der Waals surface area contributed by atoms with Crippen molar-refractivity contribution in [1.82, 2.24) is 0 Å². The monoisotopic (exact) mass is 438 g/mol. The highest BCUT2D eigenvalue weighted by Gasteiger charge is 2.23. The zero-order chi connectivity index (χ0) is 22.8. The summed E-state index contributed by atoms with van der Waals surface area (Å²) < 4.78 is 17.7. The van der Waals surface area contributed by atoms with Crippen LogP contribution in [0.15, 0.2) is 42.5 Å². The van der Waals surface area contributed by atoms with E-state index in [1.165, 1.54) is 6.08 Å². The zero-order valence-electron chi connectivity index (χ0n) is 18.5. The SMILES string of the molecule is CCCc1c(OCCCCCOc2ccccc2/C=C/C(=O)O)ccc2c1OCCC2=O. The largest absolute Gasteiger partial charge is 0.493 e. The fourth-order valence-electron chi connectivity index (χ4n) is 3.65. The first-order chi connectivity index (χ1) is 15.6. The first-order valence-corrected chi connectivity index (χ1v) is 11.2. The summed E-state index contributed by atoms with van der Waals surface area (Å²) in [6.45, 7) is 3.67. The summed E-state index contributed by atoms with van der Waals surface area (Å²) >= 11 is 0. The highest BCUT2D eigenvalue weighted by molar-refractivity contribution is 6.00. The van der Waals surface area contributed by atoms with Crippen LogP contribution in [0.4, 0.5) is 0 Å².